The summed E-state index contributed by atoms with van der Waals surface area (Å²) in [5.74, 6) is -0.594. The van der Waals surface area contributed by atoms with Crippen molar-refractivity contribution in [1.82, 2.24) is 4.90 Å². The molecule has 0 aliphatic rings. The van der Waals surface area contributed by atoms with Crippen LogP contribution >= 0.6 is 0 Å². The first kappa shape index (κ1) is 17.1. The summed E-state index contributed by atoms with van der Waals surface area (Å²) in [5.41, 5.74) is 0.267. The molecule has 0 aromatic carbocycles. The SMILES string of the molecule is C=C(C)C(=O)OCCOS(=O)(=O)CCCN(C)C. The van der Waals surface area contributed by atoms with Gasteiger partial charge in [0.05, 0.1) is 5.75 Å². The van der Waals surface area contributed by atoms with Crippen molar-refractivity contribution in [1.29, 1.82) is 0 Å². The summed E-state index contributed by atoms with van der Waals surface area (Å²) in [4.78, 5) is 12.9. The molecule has 7 heteroatoms. The van der Waals surface area contributed by atoms with E-state index in [2.05, 4.69) is 10.8 Å². The first-order chi connectivity index (χ1) is 8.24. The summed E-state index contributed by atoms with van der Waals surface area (Å²) in [6.45, 7) is 5.33. The molecule has 0 atom stereocenters. The van der Waals surface area contributed by atoms with Crippen LogP contribution in [0.25, 0.3) is 0 Å². The van der Waals surface area contributed by atoms with Crippen molar-refractivity contribution in [2.45, 2.75) is 13.3 Å². The van der Waals surface area contributed by atoms with E-state index in [1.165, 1.54) is 6.92 Å². The summed E-state index contributed by atoms with van der Waals surface area (Å²) in [7, 11) is 0.195. The van der Waals surface area contributed by atoms with Gasteiger partial charge in [0, 0.05) is 5.57 Å². The Balaban J connectivity index is 3.77. The van der Waals surface area contributed by atoms with Gasteiger partial charge in [-0.05, 0) is 34.0 Å². The van der Waals surface area contributed by atoms with Crippen LogP contribution < -0.4 is 0 Å². The van der Waals surface area contributed by atoms with Crippen LogP contribution in [-0.4, -0.2) is 58.9 Å². The lowest BCUT2D eigenvalue weighted by atomic mass is 10.4. The second-order valence-electron chi connectivity index (χ2n) is 4.16. The Morgan fingerprint density at radius 2 is 1.89 bits per heavy atom. The average molecular weight is 279 g/mol. The molecule has 0 aliphatic carbocycles. The van der Waals surface area contributed by atoms with Crippen molar-refractivity contribution in [3.63, 3.8) is 0 Å². The fourth-order valence-electron chi connectivity index (χ4n) is 1.04. The molecule has 0 fully saturated rings. The van der Waals surface area contributed by atoms with Gasteiger partial charge in [0.25, 0.3) is 10.1 Å². The minimum atomic E-state index is -3.54. The predicted octanol–water partition coefficient (Wildman–Crippen LogP) is 0.404. The summed E-state index contributed by atoms with van der Waals surface area (Å²) in [6.07, 6.45) is 0.501. The molecule has 0 bridgehead atoms. The Hall–Kier alpha value is -0.920. The van der Waals surface area contributed by atoms with Crippen molar-refractivity contribution in [2.24, 2.45) is 0 Å². The van der Waals surface area contributed by atoms with Crippen LogP contribution in [0.3, 0.4) is 0 Å². The molecular weight excluding hydrogens is 258 g/mol. The highest BCUT2D eigenvalue weighted by Gasteiger charge is 2.11. The van der Waals surface area contributed by atoms with Crippen molar-refractivity contribution in [3.05, 3.63) is 12.2 Å². The zero-order valence-corrected chi connectivity index (χ0v) is 12.0. The van der Waals surface area contributed by atoms with Gasteiger partial charge in [-0.3, -0.25) is 4.18 Å². The number of esters is 1. The van der Waals surface area contributed by atoms with E-state index in [-0.39, 0.29) is 24.5 Å². The van der Waals surface area contributed by atoms with Crippen LogP contribution in [0.15, 0.2) is 12.2 Å². The lowest BCUT2D eigenvalue weighted by Gasteiger charge is -2.09. The molecule has 6 nitrogen and oxygen atoms in total. The molecule has 0 saturated heterocycles. The van der Waals surface area contributed by atoms with E-state index in [4.69, 9.17) is 4.74 Å². The van der Waals surface area contributed by atoms with Crippen molar-refractivity contribution in [3.8, 4) is 0 Å². The first-order valence-corrected chi connectivity index (χ1v) is 7.17. The van der Waals surface area contributed by atoms with E-state index in [1.807, 2.05) is 19.0 Å². The highest BCUT2D eigenvalue weighted by molar-refractivity contribution is 7.86. The van der Waals surface area contributed by atoms with Crippen molar-refractivity contribution >= 4 is 16.1 Å². The molecule has 0 spiro atoms. The molecule has 0 unspecified atom stereocenters. The van der Waals surface area contributed by atoms with Crippen LogP contribution in [-0.2, 0) is 23.8 Å². The lowest BCUT2D eigenvalue weighted by Crippen LogP contribution is -2.20. The average Bonchev–Trinajstić information content (AvgIpc) is 2.23. The van der Waals surface area contributed by atoms with Gasteiger partial charge in [0.1, 0.15) is 13.2 Å². The van der Waals surface area contributed by atoms with Crippen LogP contribution in [0.5, 0.6) is 0 Å². The zero-order valence-electron chi connectivity index (χ0n) is 11.1. The maximum absolute atomic E-state index is 11.4. The Kier molecular flexibility index (Phi) is 7.81. The standard InChI is InChI=1S/C11H21NO5S/c1-10(2)11(13)16-7-8-17-18(14,15)9-5-6-12(3)4/h1,5-9H2,2-4H3. The van der Waals surface area contributed by atoms with E-state index in [1.54, 1.807) is 0 Å². The summed E-state index contributed by atoms with van der Waals surface area (Å²) in [6, 6.07) is 0. The third-order valence-corrected chi connectivity index (χ3v) is 3.24. The smallest absolute Gasteiger partial charge is 0.333 e. The number of carbonyl (C=O) groups is 1. The van der Waals surface area contributed by atoms with Crippen molar-refractivity contribution < 1.29 is 22.1 Å². The second-order valence-corrected chi connectivity index (χ2v) is 5.92. The van der Waals surface area contributed by atoms with Gasteiger partial charge in [0.15, 0.2) is 0 Å². The van der Waals surface area contributed by atoms with E-state index >= 15 is 0 Å². The molecule has 106 valence electrons. The Morgan fingerprint density at radius 1 is 1.28 bits per heavy atom. The van der Waals surface area contributed by atoms with Crippen LogP contribution in [0.4, 0.5) is 0 Å². The largest absolute Gasteiger partial charge is 0.460 e. The topological polar surface area (TPSA) is 72.9 Å². The van der Waals surface area contributed by atoms with E-state index in [9.17, 15) is 13.2 Å². The Morgan fingerprint density at radius 3 is 2.39 bits per heavy atom. The lowest BCUT2D eigenvalue weighted by molar-refractivity contribution is -0.139. The molecule has 0 aromatic rings. The predicted molar refractivity (Wildman–Crippen MR) is 68.7 cm³/mol. The zero-order chi connectivity index (χ0) is 14.2. The number of hydrogen-bond acceptors (Lipinski definition) is 6. The molecule has 0 radical (unpaired) electrons. The summed E-state index contributed by atoms with van der Waals surface area (Å²) in [5, 5.41) is 0. The first-order valence-electron chi connectivity index (χ1n) is 5.59. The quantitative estimate of drug-likeness (QED) is 0.263. The Labute approximate surface area is 109 Å². The van der Waals surface area contributed by atoms with Gasteiger partial charge in [-0.25, -0.2) is 4.79 Å². The van der Waals surface area contributed by atoms with Gasteiger partial charge in [-0.1, -0.05) is 6.58 Å². The Bertz CT molecular complexity index is 375. The highest BCUT2D eigenvalue weighted by Crippen LogP contribution is 1.98. The van der Waals surface area contributed by atoms with Gasteiger partial charge in [-0.2, -0.15) is 8.42 Å². The van der Waals surface area contributed by atoms with Gasteiger partial charge in [0.2, 0.25) is 0 Å². The summed E-state index contributed by atoms with van der Waals surface area (Å²) < 4.78 is 32.2. The maximum atomic E-state index is 11.4. The molecular formula is C11H21NO5S. The highest BCUT2D eigenvalue weighted by atomic mass is 32.2. The summed E-state index contributed by atoms with van der Waals surface area (Å²) >= 11 is 0. The number of ether oxygens (including phenoxy) is 1. The maximum Gasteiger partial charge on any atom is 0.333 e. The fraction of sp³-hybridized carbons (Fsp3) is 0.727. The second kappa shape index (κ2) is 8.23. The third-order valence-electron chi connectivity index (χ3n) is 1.93. The third kappa shape index (κ3) is 9.15. The van der Waals surface area contributed by atoms with Crippen LogP contribution in [0, 0.1) is 0 Å². The molecule has 0 saturated carbocycles. The molecule has 0 rings (SSSR count). The molecule has 18 heavy (non-hydrogen) atoms. The molecule has 0 N–H and O–H groups in total. The molecule has 0 amide bonds. The van der Waals surface area contributed by atoms with Gasteiger partial charge in [-0.15, -0.1) is 0 Å². The molecule has 0 heterocycles. The van der Waals surface area contributed by atoms with Crippen LogP contribution in [0.1, 0.15) is 13.3 Å². The fourth-order valence-corrected chi connectivity index (χ4v) is 1.96. The number of nitrogens with zero attached hydrogens (tertiary/aromatic N) is 1. The number of carbonyl (C=O) groups excluding carboxylic acids is 1. The number of hydrogen-bond donors (Lipinski definition) is 0. The van der Waals surface area contributed by atoms with Crippen LogP contribution in [0.2, 0.25) is 0 Å². The van der Waals surface area contributed by atoms with E-state index in [0.29, 0.717) is 13.0 Å². The normalized spacial score (nSPS) is 11.6. The van der Waals surface area contributed by atoms with Crippen molar-refractivity contribution in [2.75, 3.05) is 39.6 Å². The molecule has 0 aromatic heterocycles. The minimum Gasteiger partial charge on any atom is -0.460 e. The van der Waals surface area contributed by atoms with Gasteiger partial charge >= 0.3 is 5.97 Å². The number of rotatable bonds is 9. The van der Waals surface area contributed by atoms with E-state index < -0.39 is 16.1 Å². The van der Waals surface area contributed by atoms with E-state index in [0.717, 1.165) is 0 Å². The minimum absolute atomic E-state index is 0.0421. The monoisotopic (exact) mass is 279 g/mol. The molecule has 0 aliphatic heterocycles. The van der Waals surface area contributed by atoms with Gasteiger partial charge < -0.3 is 9.64 Å².